The Morgan fingerprint density at radius 2 is 2.12 bits per heavy atom. The molecule has 1 atom stereocenters. The quantitative estimate of drug-likeness (QED) is 0.869. The molecule has 0 amide bonds. The Hall–Kier alpha value is -1.10. The molecule has 0 bridgehead atoms. The third kappa shape index (κ3) is 2.97. The molecule has 1 fully saturated rings. The van der Waals surface area contributed by atoms with Crippen LogP contribution in [0.1, 0.15) is 45.5 Å². The van der Waals surface area contributed by atoms with Crippen molar-refractivity contribution >= 4 is 6.01 Å². The maximum atomic E-state index is 5.71. The molecule has 0 aromatic carbocycles. The van der Waals surface area contributed by atoms with Gasteiger partial charge in [0.05, 0.1) is 6.04 Å². The van der Waals surface area contributed by atoms with Gasteiger partial charge in [-0.3, -0.25) is 0 Å². The molecule has 0 radical (unpaired) electrons. The topological polar surface area (TPSA) is 54.2 Å². The molecule has 2 rings (SSSR count). The van der Waals surface area contributed by atoms with Gasteiger partial charge in [-0.25, -0.2) is 0 Å². The average Bonchev–Trinajstić information content (AvgIpc) is 2.80. The van der Waals surface area contributed by atoms with E-state index in [1.165, 1.54) is 12.8 Å². The largest absolute Gasteiger partial charge is 0.406 e. The van der Waals surface area contributed by atoms with Gasteiger partial charge in [0.2, 0.25) is 5.89 Å². The van der Waals surface area contributed by atoms with Crippen LogP contribution in [0, 0.1) is 5.92 Å². The molecule has 1 unspecified atom stereocenters. The molecule has 96 valence electrons. The van der Waals surface area contributed by atoms with E-state index in [0.717, 1.165) is 25.6 Å². The van der Waals surface area contributed by atoms with Gasteiger partial charge in [0.25, 0.3) is 0 Å². The third-order valence-corrected chi connectivity index (χ3v) is 3.36. The number of nitrogens with zero attached hydrogens (tertiary/aromatic N) is 3. The van der Waals surface area contributed by atoms with Crippen LogP contribution in [0.4, 0.5) is 6.01 Å². The van der Waals surface area contributed by atoms with Crippen molar-refractivity contribution in [1.29, 1.82) is 0 Å². The van der Waals surface area contributed by atoms with Gasteiger partial charge >= 0.3 is 6.01 Å². The highest BCUT2D eigenvalue weighted by molar-refractivity contribution is 5.24. The first-order chi connectivity index (χ1) is 8.20. The monoisotopic (exact) mass is 238 g/mol. The molecule has 1 N–H and O–H groups in total. The zero-order valence-corrected chi connectivity index (χ0v) is 10.9. The lowest BCUT2D eigenvalue weighted by Crippen LogP contribution is -2.32. The van der Waals surface area contributed by atoms with Gasteiger partial charge in [-0.2, -0.15) is 0 Å². The molecule has 0 aliphatic carbocycles. The number of rotatable bonds is 4. The molecule has 1 aromatic heterocycles. The molecule has 17 heavy (non-hydrogen) atoms. The summed E-state index contributed by atoms with van der Waals surface area (Å²) < 4.78 is 5.71. The first-order valence-corrected chi connectivity index (χ1v) is 6.52. The van der Waals surface area contributed by atoms with Crippen molar-refractivity contribution in [2.45, 2.75) is 39.7 Å². The van der Waals surface area contributed by atoms with Crippen LogP contribution in [0.3, 0.4) is 0 Å². The lowest BCUT2D eigenvalue weighted by Gasteiger charge is -2.28. The molecule has 0 spiro atoms. The van der Waals surface area contributed by atoms with Gasteiger partial charge in [-0.1, -0.05) is 18.9 Å². The SMILES string of the molecule is CCNC(C)c1nnc(N2CCC(C)CC2)o1. The van der Waals surface area contributed by atoms with Crippen LogP contribution in [-0.4, -0.2) is 29.8 Å². The van der Waals surface area contributed by atoms with Crippen LogP contribution in [0.25, 0.3) is 0 Å². The van der Waals surface area contributed by atoms with E-state index in [9.17, 15) is 0 Å². The van der Waals surface area contributed by atoms with Crippen molar-refractivity contribution in [3.8, 4) is 0 Å². The molecule has 1 saturated heterocycles. The Balaban J connectivity index is 1.98. The highest BCUT2D eigenvalue weighted by atomic mass is 16.4. The van der Waals surface area contributed by atoms with Gasteiger partial charge in [0.1, 0.15) is 0 Å². The number of hydrogen-bond donors (Lipinski definition) is 1. The van der Waals surface area contributed by atoms with E-state index in [1.54, 1.807) is 0 Å². The molecule has 0 saturated carbocycles. The second-order valence-electron chi connectivity index (χ2n) is 4.87. The summed E-state index contributed by atoms with van der Waals surface area (Å²) in [6.07, 6.45) is 2.42. The lowest BCUT2D eigenvalue weighted by atomic mass is 10.00. The molecule has 1 aromatic rings. The molecular weight excluding hydrogens is 216 g/mol. The first kappa shape index (κ1) is 12.4. The van der Waals surface area contributed by atoms with Crippen molar-refractivity contribution in [2.75, 3.05) is 24.5 Å². The number of nitrogens with one attached hydrogen (secondary N) is 1. The molecule has 2 heterocycles. The molecule has 5 heteroatoms. The predicted molar refractivity (Wildman–Crippen MR) is 67.0 cm³/mol. The van der Waals surface area contributed by atoms with Crippen molar-refractivity contribution < 1.29 is 4.42 Å². The van der Waals surface area contributed by atoms with Gasteiger partial charge in [0, 0.05) is 13.1 Å². The van der Waals surface area contributed by atoms with Crippen LogP contribution in [0.2, 0.25) is 0 Å². The van der Waals surface area contributed by atoms with Gasteiger partial charge < -0.3 is 14.6 Å². The van der Waals surface area contributed by atoms with Gasteiger partial charge in [0.15, 0.2) is 0 Å². The zero-order valence-electron chi connectivity index (χ0n) is 10.9. The summed E-state index contributed by atoms with van der Waals surface area (Å²) in [5.41, 5.74) is 0. The smallest absolute Gasteiger partial charge is 0.318 e. The van der Waals surface area contributed by atoms with E-state index < -0.39 is 0 Å². The average molecular weight is 238 g/mol. The summed E-state index contributed by atoms with van der Waals surface area (Å²) in [5, 5.41) is 11.5. The minimum absolute atomic E-state index is 0.130. The van der Waals surface area contributed by atoms with E-state index in [-0.39, 0.29) is 6.04 Å². The summed E-state index contributed by atoms with van der Waals surface area (Å²) in [6, 6.07) is 0.807. The Labute approximate surface area is 103 Å². The maximum Gasteiger partial charge on any atom is 0.318 e. The zero-order chi connectivity index (χ0) is 12.3. The lowest BCUT2D eigenvalue weighted by molar-refractivity contribution is 0.388. The minimum Gasteiger partial charge on any atom is -0.406 e. The molecular formula is C12H22N4O. The van der Waals surface area contributed by atoms with Crippen LogP contribution in [0.15, 0.2) is 4.42 Å². The first-order valence-electron chi connectivity index (χ1n) is 6.52. The minimum atomic E-state index is 0.130. The van der Waals surface area contributed by atoms with Crippen LogP contribution >= 0.6 is 0 Å². The molecule has 1 aliphatic rings. The van der Waals surface area contributed by atoms with E-state index in [0.29, 0.717) is 11.9 Å². The van der Waals surface area contributed by atoms with Crippen LogP contribution in [-0.2, 0) is 0 Å². The normalized spacial score (nSPS) is 19.6. The van der Waals surface area contributed by atoms with Crippen molar-refractivity contribution in [3.63, 3.8) is 0 Å². The predicted octanol–water partition coefficient (Wildman–Crippen LogP) is 1.98. The number of aromatic nitrogens is 2. The van der Waals surface area contributed by atoms with E-state index in [2.05, 4.69) is 34.3 Å². The fourth-order valence-electron chi connectivity index (χ4n) is 2.12. The van der Waals surface area contributed by atoms with Crippen LogP contribution < -0.4 is 10.2 Å². The number of piperidine rings is 1. The standard InChI is InChI=1S/C12H22N4O/c1-4-13-10(3)11-14-15-12(17-11)16-7-5-9(2)6-8-16/h9-10,13H,4-8H2,1-3H3. The third-order valence-electron chi connectivity index (χ3n) is 3.36. The number of anilines is 1. The van der Waals surface area contributed by atoms with Gasteiger partial charge in [-0.05, 0) is 32.2 Å². The fourth-order valence-corrected chi connectivity index (χ4v) is 2.12. The molecule has 1 aliphatic heterocycles. The van der Waals surface area contributed by atoms with Crippen molar-refractivity contribution in [1.82, 2.24) is 15.5 Å². The Morgan fingerprint density at radius 1 is 1.41 bits per heavy atom. The maximum absolute atomic E-state index is 5.71. The molecule has 5 nitrogen and oxygen atoms in total. The highest BCUT2D eigenvalue weighted by Gasteiger charge is 2.21. The summed E-state index contributed by atoms with van der Waals surface area (Å²) >= 11 is 0. The Bertz CT molecular complexity index is 344. The Morgan fingerprint density at radius 3 is 2.76 bits per heavy atom. The highest BCUT2D eigenvalue weighted by Crippen LogP contribution is 2.23. The van der Waals surface area contributed by atoms with E-state index in [1.807, 2.05) is 6.92 Å². The summed E-state index contributed by atoms with van der Waals surface area (Å²) in [6.45, 7) is 9.36. The summed E-state index contributed by atoms with van der Waals surface area (Å²) in [5.74, 6) is 1.50. The number of hydrogen-bond acceptors (Lipinski definition) is 5. The fraction of sp³-hybridized carbons (Fsp3) is 0.833. The summed E-state index contributed by atoms with van der Waals surface area (Å²) in [7, 11) is 0. The van der Waals surface area contributed by atoms with Gasteiger partial charge in [-0.15, -0.1) is 5.10 Å². The second kappa shape index (κ2) is 5.49. The Kier molecular flexibility index (Phi) is 3.99. The summed E-state index contributed by atoms with van der Waals surface area (Å²) in [4.78, 5) is 2.19. The van der Waals surface area contributed by atoms with Crippen LogP contribution in [0.5, 0.6) is 0 Å². The van der Waals surface area contributed by atoms with Crippen molar-refractivity contribution in [2.24, 2.45) is 5.92 Å². The van der Waals surface area contributed by atoms with Crippen molar-refractivity contribution in [3.05, 3.63) is 5.89 Å². The van der Waals surface area contributed by atoms with E-state index >= 15 is 0 Å². The second-order valence-corrected chi connectivity index (χ2v) is 4.87. The van der Waals surface area contributed by atoms with E-state index in [4.69, 9.17) is 4.42 Å².